The molecule has 18 heavy (non-hydrogen) atoms. The topological polar surface area (TPSA) is 25.2 Å². The molecule has 1 aromatic carbocycles. The molecule has 1 N–H and O–H groups in total. The quantitative estimate of drug-likeness (QED) is 0.886. The van der Waals surface area contributed by atoms with Gasteiger partial charge in [0, 0.05) is 5.56 Å². The molecule has 0 aliphatic rings. The number of hydrogen-bond donors (Lipinski definition) is 1. The Morgan fingerprint density at radius 1 is 1.06 bits per heavy atom. The summed E-state index contributed by atoms with van der Waals surface area (Å²) >= 11 is 0. The van der Waals surface area contributed by atoms with E-state index < -0.39 is 0 Å². The average Bonchev–Trinajstić information content (AvgIpc) is 2.69. The van der Waals surface area contributed by atoms with E-state index in [1.54, 1.807) is 6.26 Å². The Labute approximate surface area is 109 Å². The summed E-state index contributed by atoms with van der Waals surface area (Å²) in [7, 11) is 2.00. The lowest BCUT2D eigenvalue weighted by Crippen LogP contribution is -2.20. The van der Waals surface area contributed by atoms with Gasteiger partial charge in [-0.15, -0.1) is 0 Å². The van der Waals surface area contributed by atoms with E-state index in [4.69, 9.17) is 4.42 Å². The van der Waals surface area contributed by atoms with Crippen molar-refractivity contribution < 1.29 is 4.42 Å². The molecular weight excluding hydrogens is 222 g/mol. The SMILES string of the molecule is CNC(c1ccoc1C)c1c(C)cc(C)cc1C. The van der Waals surface area contributed by atoms with Crippen molar-refractivity contribution in [3.05, 3.63) is 58.0 Å². The van der Waals surface area contributed by atoms with Crippen molar-refractivity contribution in [2.45, 2.75) is 33.7 Å². The van der Waals surface area contributed by atoms with Gasteiger partial charge in [0.15, 0.2) is 0 Å². The molecule has 0 bridgehead atoms. The molecule has 0 saturated carbocycles. The predicted molar refractivity (Wildman–Crippen MR) is 75.0 cm³/mol. The molecule has 0 amide bonds. The lowest BCUT2D eigenvalue weighted by Gasteiger charge is -2.21. The highest BCUT2D eigenvalue weighted by atomic mass is 16.3. The molecule has 2 heteroatoms. The van der Waals surface area contributed by atoms with Crippen LogP contribution in [0.4, 0.5) is 0 Å². The second-order valence-corrected chi connectivity index (χ2v) is 4.97. The van der Waals surface area contributed by atoms with Crippen molar-refractivity contribution >= 4 is 0 Å². The third-order valence-corrected chi connectivity index (χ3v) is 3.53. The summed E-state index contributed by atoms with van der Waals surface area (Å²) in [6.07, 6.45) is 1.76. The second kappa shape index (κ2) is 4.99. The summed E-state index contributed by atoms with van der Waals surface area (Å²) in [4.78, 5) is 0. The van der Waals surface area contributed by atoms with E-state index in [1.165, 1.54) is 27.8 Å². The zero-order valence-electron chi connectivity index (χ0n) is 11.8. The van der Waals surface area contributed by atoms with Crippen LogP contribution in [0.3, 0.4) is 0 Å². The molecule has 0 spiro atoms. The normalized spacial score (nSPS) is 12.7. The maximum atomic E-state index is 5.43. The van der Waals surface area contributed by atoms with Crippen LogP contribution in [-0.2, 0) is 0 Å². The fourth-order valence-corrected chi connectivity index (χ4v) is 2.80. The summed E-state index contributed by atoms with van der Waals surface area (Å²) in [5.41, 5.74) is 6.53. The molecule has 1 unspecified atom stereocenters. The number of benzene rings is 1. The van der Waals surface area contributed by atoms with Crippen LogP contribution in [0.2, 0.25) is 0 Å². The Kier molecular flexibility index (Phi) is 3.58. The molecule has 2 aromatic rings. The second-order valence-electron chi connectivity index (χ2n) is 4.97. The van der Waals surface area contributed by atoms with Gasteiger partial charge in [-0.1, -0.05) is 17.7 Å². The Hall–Kier alpha value is -1.54. The molecule has 96 valence electrons. The van der Waals surface area contributed by atoms with Gasteiger partial charge in [0.2, 0.25) is 0 Å². The van der Waals surface area contributed by atoms with E-state index in [0.717, 1.165) is 5.76 Å². The highest BCUT2D eigenvalue weighted by Crippen LogP contribution is 2.30. The molecule has 0 aliphatic heterocycles. The van der Waals surface area contributed by atoms with Crippen LogP contribution in [0, 0.1) is 27.7 Å². The van der Waals surface area contributed by atoms with Crippen LogP contribution in [-0.4, -0.2) is 7.05 Å². The standard InChI is InChI=1S/C16H21NO/c1-10-8-11(2)15(12(3)9-10)16(17-5)14-6-7-18-13(14)4/h6-9,16-17H,1-5H3. The summed E-state index contributed by atoms with van der Waals surface area (Å²) < 4.78 is 5.43. The number of hydrogen-bond acceptors (Lipinski definition) is 2. The summed E-state index contributed by atoms with van der Waals surface area (Å²) in [6, 6.07) is 6.73. The summed E-state index contributed by atoms with van der Waals surface area (Å²) in [6.45, 7) is 8.50. The largest absolute Gasteiger partial charge is 0.469 e. The van der Waals surface area contributed by atoms with E-state index in [9.17, 15) is 0 Å². The predicted octanol–water partition coefficient (Wildman–Crippen LogP) is 3.82. The molecule has 0 radical (unpaired) electrons. The van der Waals surface area contributed by atoms with Gasteiger partial charge in [0.25, 0.3) is 0 Å². The number of aryl methyl sites for hydroxylation is 4. The maximum Gasteiger partial charge on any atom is 0.105 e. The first kappa shape index (κ1) is 12.9. The Bertz CT molecular complexity index is 531. The van der Waals surface area contributed by atoms with Gasteiger partial charge in [-0.05, 0) is 57.5 Å². The van der Waals surface area contributed by atoms with Gasteiger partial charge in [0.1, 0.15) is 5.76 Å². The van der Waals surface area contributed by atoms with Crippen LogP contribution in [0.1, 0.15) is 39.6 Å². The van der Waals surface area contributed by atoms with Crippen molar-refractivity contribution in [2.75, 3.05) is 7.05 Å². The molecule has 1 heterocycles. The zero-order valence-corrected chi connectivity index (χ0v) is 11.8. The minimum Gasteiger partial charge on any atom is -0.469 e. The van der Waals surface area contributed by atoms with Crippen LogP contribution in [0.25, 0.3) is 0 Å². The van der Waals surface area contributed by atoms with Crippen LogP contribution in [0.15, 0.2) is 28.9 Å². The Morgan fingerprint density at radius 2 is 1.67 bits per heavy atom. The van der Waals surface area contributed by atoms with Crippen LogP contribution >= 0.6 is 0 Å². The lowest BCUT2D eigenvalue weighted by atomic mass is 9.90. The number of nitrogens with one attached hydrogen (secondary N) is 1. The van der Waals surface area contributed by atoms with Crippen molar-refractivity contribution in [1.29, 1.82) is 0 Å². The molecule has 0 saturated heterocycles. The van der Waals surface area contributed by atoms with Gasteiger partial charge in [0.05, 0.1) is 12.3 Å². The summed E-state index contributed by atoms with van der Waals surface area (Å²) in [5.74, 6) is 0.980. The third kappa shape index (κ3) is 2.21. The first-order chi connectivity index (χ1) is 8.54. The molecule has 0 fully saturated rings. The van der Waals surface area contributed by atoms with E-state index in [2.05, 4.69) is 44.3 Å². The van der Waals surface area contributed by atoms with Gasteiger partial charge in [-0.3, -0.25) is 0 Å². The zero-order chi connectivity index (χ0) is 13.3. The minimum absolute atomic E-state index is 0.198. The van der Waals surface area contributed by atoms with Crippen LogP contribution < -0.4 is 5.32 Å². The first-order valence-electron chi connectivity index (χ1n) is 6.33. The van der Waals surface area contributed by atoms with E-state index in [0.29, 0.717) is 0 Å². The molecule has 2 nitrogen and oxygen atoms in total. The monoisotopic (exact) mass is 243 g/mol. The molecule has 1 aromatic heterocycles. The van der Waals surface area contributed by atoms with Crippen molar-refractivity contribution in [2.24, 2.45) is 0 Å². The molecular formula is C16H21NO. The van der Waals surface area contributed by atoms with Crippen LogP contribution in [0.5, 0.6) is 0 Å². The molecule has 1 atom stereocenters. The highest BCUT2D eigenvalue weighted by molar-refractivity contribution is 5.44. The Balaban J connectivity index is 2.56. The number of rotatable bonds is 3. The van der Waals surface area contributed by atoms with E-state index in [1.807, 2.05) is 14.0 Å². The van der Waals surface area contributed by atoms with Gasteiger partial charge >= 0.3 is 0 Å². The van der Waals surface area contributed by atoms with Gasteiger partial charge < -0.3 is 9.73 Å². The van der Waals surface area contributed by atoms with Crippen molar-refractivity contribution in [1.82, 2.24) is 5.32 Å². The average molecular weight is 243 g/mol. The van der Waals surface area contributed by atoms with Crippen molar-refractivity contribution in [3.63, 3.8) is 0 Å². The van der Waals surface area contributed by atoms with Gasteiger partial charge in [-0.2, -0.15) is 0 Å². The fraction of sp³-hybridized carbons (Fsp3) is 0.375. The van der Waals surface area contributed by atoms with E-state index >= 15 is 0 Å². The van der Waals surface area contributed by atoms with E-state index in [-0.39, 0.29) is 6.04 Å². The maximum absolute atomic E-state index is 5.43. The lowest BCUT2D eigenvalue weighted by molar-refractivity contribution is 0.523. The van der Waals surface area contributed by atoms with Crippen molar-refractivity contribution in [3.8, 4) is 0 Å². The first-order valence-corrected chi connectivity index (χ1v) is 6.33. The fourth-order valence-electron chi connectivity index (χ4n) is 2.80. The minimum atomic E-state index is 0.198. The third-order valence-electron chi connectivity index (χ3n) is 3.53. The smallest absolute Gasteiger partial charge is 0.105 e. The highest BCUT2D eigenvalue weighted by Gasteiger charge is 2.19. The Morgan fingerprint density at radius 3 is 2.11 bits per heavy atom. The summed E-state index contributed by atoms with van der Waals surface area (Å²) in [5, 5.41) is 3.40. The molecule has 2 rings (SSSR count). The van der Waals surface area contributed by atoms with Gasteiger partial charge in [-0.25, -0.2) is 0 Å². The number of furan rings is 1. The molecule has 0 aliphatic carbocycles.